The number of hydrogen-bond donors (Lipinski definition) is 0. The van der Waals surface area contributed by atoms with Crippen molar-refractivity contribution < 1.29 is 48.1 Å². The van der Waals surface area contributed by atoms with Crippen LogP contribution in [0.2, 0.25) is 12.1 Å². The minimum absolute atomic E-state index is 0. The molecule has 0 heterocycles. The van der Waals surface area contributed by atoms with Crippen molar-refractivity contribution in [3.8, 4) is 22.3 Å². The van der Waals surface area contributed by atoms with E-state index in [1.54, 1.807) is 23.3 Å². The van der Waals surface area contributed by atoms with Crippen molar-refractivity contribution in [3.63, 3.8) is 0 Å². The zero-order chi connectivity index (χ0) is 36.1. The summed E-state index contributed by atoms with van der Waals surface area (Å²) in [7, 11) is 0. The molecule has 0 unspecified atom stereocenters. The van der Waals surface area contributed by atoms with Crippen molar-refractivity contribution in [1.82, 2.24) is 0 Å². The van der Waals surface area contributed by atoms with Gasteiger partial charge in [-0.15, -0.1) is 56.9 Å². The molecule has 0 bridgehead atoms. The molecule has 0 aliphatic rings. The number of benzene rings is 4. The van der Waals surface area contributed by atoms with Crippen LogP contribution in [0.5, 0.6) is 0 Å². The Bertz CT molecular complexity index is 2000. The van der Waals surface area contributed by atoms with Crippen LogP contribution in [0.4, 0.5) is 0 Å². The second kappa shape index (κ2) is 19.2. The van der Waals surface area contributed by atoms with Crippen molar-refractivity contribution in [2.75, 3.05) is 0 Å². The zero-order valence-electron chi connectivity index (χ0n) is 33.1. The second-order valence-electron chi connectivity index (χ2n) is 15.8. The monoisotopic (exact) mass is 810 g/mol. The Balaban J connectivity index is 0.000000296. The molecule has 0 aromatic heterocycles. The third kappa shape index (κ3) is 11.9. The van der Waals surface area contributed by atoms with E-state index in [2.05, 4.69) is 180 Å². The summed E-state index contributed by atoms with van der Waals surface area (Å²) in [4.78, 5) is 0. The maximum Gasteiger partial charge on any atom is -0.0132 e. The first-order valence-electron chi connectivity index (χ1n) is 18.2. The molecule has 0 fully saturated rings. The molecule has 0 amide bonds. The van der Waals surface area contributed by atoms with Crippen molar-refractivity contribution in [1.29, 1.82) is 0 Å². The summed E-state index contributed by atoms with van der Waals surface area (Å²) in [6.07, 6.45) is 1.09. The van der Waals surface area contributed by atoms with E-state index in [1.807, 2.05) is 0 Å². The van der Waals surface area contributed by atoms with Crippen molar-refractivity contribution in [3.05, 3.63) is 130 Å². The van der Waals surface area contributed by atoms with Gasteiger partial charge in [-0.3, -0.25) is 0 Å². The first-order chi connectivity index (χ1) is 23.0. The Hall–Kier alpha value is -2.22. The molecule has 0 saturated heterocycles. The standard InChI is InChI=1S/C22H25.C21H23.C4H10Si.2ClH.Zr/c1-6-16-13-18-11-15(2)12-20(21(18)14-16)17-7-9-19(10-8-17)22(3,4)5;1-14-10-17-11-15(2)13-20(17)19(12-14)16-6-8-18(9-7-16)21(3,4)5;1-3-5-4-2;;;/h7-14H,6H2,1-5H3;6-13H,1-5H3;3-4H2,1-2H3;2*1H;/q2*-1;;;;+2/p-2. The predicted molar refractivity (Wildman–Crippen MR) is 218 cm³/mol. The maximum absolute atomic E-state index is 2.35. The molecule has 0 nitrogen and oxygen atoms in total. The van der Waals surface area contributed by atoms with Crippen LogP contribution in [0.15, 0.2) is 97.1 Å². The summed E-state index contributed by atoms with van der Waals surface area (Å²) in [6.45, 7) is 26.9. The first kappa shape index (κ1) is 44.9. The fraction of sp³-hybridized carbons (Fsp3) is 0.362. The van der Waals surface area contributed by atoms with E-state index < -0.39 is 0 Å². The first-order valence-corrected chi connectivity index (χ1v) is 23.8. The van der Waals surface area contributed by atoms with E-state index in [4.69, 9.17) is 0 Å². The number of fused-ring (bicyclic) bond motifs is 2. The second-order valence-corrected chi connectivity index (χ2v) is 23.7. The van der Waals surface area contributed by atoms with Gasteiger partial charge < -0.3 is 24.8 Å². The Morgan fingerprint density at radius 3 is 1.29 bits per heavy atom. The smallest absolute Gasteiger partial charge is 0.0132 e. The average Bonchev–Trinajstić information content (AvgIpc) is 3.65. The van der Waals surface area contributed by atoms with Gasteiger partial charge in [-0.2, -0.15) is 12.1 Å². The summed E-state index contributed by atoms with van der Waals surface area (Å²) >= 11 is 1.80. The molecule has 0 radical (unpaired) electrons. The van der Waals surface area contributed by atoms with Crippen LogP contribution in [0, 0.1) is 20.8 Å². The fourth-order valence-corrected chi connectivity index (χ4v) is 6.89. The van der Waals surface area contributed by atoms with E-state index in [0.29, 0.717) is 0 Å². The third-order valence-electron chi connectivity index (χ3n) is 9.52. The molecule has 0 N–H and O–H groups in total. The van der Waals surface area contributed by atoms with Crippen LogP contribution in [-0.4, -0.2) is 5.43 Å². The van der Waals surface area contributed by atoms with Crippen LogP contribution >= 0.6 is 0 Å². The molecule has 4 heteroatoms. The molecule has 6 rings (SSSR count). The molecule has 51 heavy (non-hydrogen) atoms. The van der Waals surface area contributed by atoms with Crippen molar-refractivity contribution >= 4 is 27.0 Å². The third-order valence-corrected chi connectivity index (χ3v) is 16.4. The van der Waals surface area contributed by atoms with Gasteiger partial charge in [-0.25, -0.2) is 0 Å². The van der Waals surface area contributed by atoms with E-state index >= 15 is 0 Å². The zero-order valence-corrected chi connectivity index (χ0v) is 38.1. The molecule has 0 aliphatic carbocycles. The molecule has 0 spiro atoms. The Morgan fingerprint density at radius 2 is 0.941 bits per heavy atom. The fourth-order valence-electron chi connectivity index (χ4n) is 6.39. The molecular weight excluding hydrogens is 755 g/mol. The van der Waals surface area contributed by atoms with Crippen LogP contribution < -0.4 is 24.8 Å². The van der Waals surface area contributed by atoms with Crippen LogP contribution in [0.1, 0.15) is 95.7 Å². The van der Waals surface area contributed by atoms with E-state index in [1.165, 1.54) is 89.3 Å². The van der Waals surface area contributed by atoms with Crippen LogP contribution in [-0.2, 0) is 40.6 Å². The maximum atomic E-state index is 2.35. The quantitative estimate of drug-likeness (QED) is 0.122. The SMILES string of the molecule is CC[Si](=[Zr+2])CC.CCc1cc2c(-c3ccc(C(C)(C)C)cc3)cc(C)cc2[cH-]1.Cc1cc(-c2ccc(C(C)(C)C)cc2)c2cc(C)[cH-]c2c1.[Cl-].[Cl-]. The minimum atomic E-state index is 0. The van der Waals surface area contributed by atoms with E-state index in [9.17, 15) is 0 Å². The van der Waals surface area contributed by atoms with Crippen molar-refractivity contribution in [2.24, 2.45) is 0 Å². The van der Waals surface area contributed by atoms with Crippen molar-refractivity contribution in [2.45, 2.75) is 112 Å². The molecule has 0 atom stereocenters. The predicted octanol–water partition coefficient (Wildman–Crippen LogP) is 8.11. The average molecular weight is 813 g/mol. The van der Waals surface area contributed by atoms with Gasteiger partial charge in [-0.05, 0) is 53.4 Å². The molecule has 270 valence electrons. The minimum Gasteiger partial charge on any atom is -1.00 e. The Morgan fingerprint density at radius 1 is 0.549 bits per heavy atom. The van der Waals surface area contributed by atoms with Gasteiger partial charge >= 0.3 is 54.7 Å². The summed E-state index contributed by atoms with van der Waals surface area (Å²) in [5.41, 5.74) is 14.1. The molecule has 6 aromatic carbocycles. The summed E-state index contributed by atoms with van der Waals surface area (Å²) in [6, 6.07) is 39.5. The van der Waals surface area contributed by atoms with Gasteiger partial charge in [0, 0.05) is 0 Å². The summed E-state index contributed by atoms with van der Waals surface area (Å²) in [5, 5.41) is 5.46. The number of halogens is 2. The van der Waals surface area contributed by atoms with Gasteiger partial charge in [0.15, 0.2) is 0 Å². The van der Waals surface area contributed by atoms with Gasteiger partial charge in [-0.1, -0.05) is 138 Å². The normalized spacial score (nSPS) is 11.2. The van der Waals surface area contributed by atoms with Gasteiger partial charge in [0.1, 0.15) is 0 Å². The van der Waals surface area contributed by atoms with E-state index in [0.717, 1.165) is 6.42 Å². The van der Waals surface area contributed by atoms with Crippen LogP contribution in [0.3, 0.4) is 0 Å². The van der Waals surface area contributed by atoms with Gasteiger partial charge in [0.05, 0.1) is 0 Å². The molecule has 6 aromatic rings. The Kier molecular flexibility index (Phi) is 16.9. The van der Waals surface area contributed by atoms with Gasteiger partial charge in [0.25, 0.3) is 0 Å². The topological polar surface area (TPSA) is 0 Å². The Labute approximate surface area is 337 Å². The summed E-state index contributed by atoms with van der Waals surface area (Å²) in [5.74, 6) is 0. The summed E-state index contributed by atoms with van der Waals surface area (Å²) < 4.78 is 0. The van der Waals surface area contributed by atoms with Crippen LogP contribution in [0.25, 0.3) is 43.8 Å². The van der Waals surface area contributed by atoms with Gasteiger partial charge in [0.2, 0.25) is 0 Å². The molecule has 0 saturated carbocycles. The van der Waals surface area contributed by atoms with E-state index in [-0.39, 0.29) is 41.1 Å². The number of rotatable bonds is 5. The molecular formula is C47H58Cl2SiZr-2. The largest absolute Gasteiger partial charge is 1.00 e. The number of aryl methyl sites for hydroxylation is 4. The number of hydrogen-bond acceptors (Lipinski definition) is 0. The molecule has 0 aliphatic heterocycles.